The second kappa shape index (κ2) is 19.2. The standard InChI is InChI=1S/C9H15N.CH3.2Y/c1-4-7-10-8-6-9(3)5-2;;;/h4,8H,6-7H2,1-3H3;1H3;;/q-2;-1;;+3. The Balaban J connectivity index is -0.000000135. The molecule has 0 heterocycles. The summed E-state index contributed by atoms with van der Waals surface area (Å²) in [7, 11) is 0. The van der Waals surface area contributed by atoms with Crippen molar-refractivity contribution in [1.29, 1.82) is 0 Å². The molecule has 0 N–H and O–H groups in total. The Bertz CT molecular complexity index is 131. The van der Waals surface area contributed by atoms with Crippen LogP contribution in [-0.4, -0.2) is 12.8 Å². The minimum Gasteiger partial charge on any atom is -0.500 e. The van der Waals surface area contributed by atoms with Gasteiger partial charge in [-0.1, -0.05) is 13.5 Å². The molecular formula is C10H18NY2. The number of allylic oxidation sites excluding steroid dienone is 2. The Labute approximate surface area is 134 Å². The number of hydrogen-bond acceptors (Lipinski definition) is 1. The summed E-state index contributed by atoms with van der Waals surface area (Å²) >= 11 is 0. The van der Waals surface area contributed by atoms with E-state index in [-0.39, 0.29) is 72.8 Å². The normalized spacial score (nSPS) is 9.92. The van der Waals surface area contributed by atoms with Gasteiger partial charge >= 0.3 is 32.7 Å². The Morgan fingerprint density at radius 3 is 2.46 bits per heavy atom. The predicted octanol–water partition coefficient (Wildman–Crippen LogP) is 2.89. The second-order valence-corrected chi connectivity index (χ2v) is 2.19. The molecule has 0 unspecified atom stereocenters. The first-order chi connectivity index (χ1) is 4.81. The van der Waals surface area contributed by atoms with E-state index in [1.165, 1.54) is 5.57 Å². The summed E-state index contributed by atoms with van der Waals surface area (Å²) in [6, 6.07) is 0. The molecule has 0 aromatic carbocycles. The summed E-state index contributed by atoms with van der Waals surface area (Å²) in [6.07, 6.45) is 7.96. The topological polar surface area (TPSA) is 12.4 Å². The molecule has 0 fully saturated rings. The van der Waals surface area contributed by atoms with Gasteiger partial charge in [0.2, 0.25) is 0 Å². The van der Waals surface area contributed by atoms with E-state index in [4.69, 9.17) is 0 Å². The van der Waals surface area contributed by atoms with Gasteiger partial charge in [0.25, 0.3) is 0 Å². The van der Waals surface area contributed by atoms with Crippen LogP contribution in [0.25, 0.3) is 0 Å². The van der Waals surface area contributed by atoms with Gasteiger partial charge in [-0.2, -0.15) is 13.8 Å². The van der Waals surface area contributed by atoms with Crippen LogP contribution in [0.15, 0.2) is 10.6 Å². The van der Waals surface area contributed by atoms with E-state index in [9.17, 15) is 0 Å². The Hall–Kier alpha value is 1.62. The third-order valence-electron chi connectivity index (χ3n) is 1.24. The fourth-order valence-electron chi connectivity index (χ4n) is 0.483. The van der Waals surface area contributed by atoms with Crippen LogP contribution in [0.4, 0.5) is 0 Å². The van der Waals surface area contributed by atoms with Crippen molar-refractivity contribution in [2.24, 2.45) is 4.99 Å². The Kier molecular flexibility index (Phi) is 35.6. The maximum absolute atomic E-state index is 4.14. The minimum atomic E-state index is 0. The molecule has 0 aromatic heterocycles. The molecule has 0 aliphatic carbocycles. The molecule has 0 amide bonds. The quantitative estimate of drug-likeness (QED) is 0.555. The molecule has 0 saturated heterocycles. The predicted molar refractivity (Wildman–Crippen MR) is 52.5 cm³/mol. The van der Waals surface area contributed by atoms with Crippen LogP contribution >= 0.6 is 0 Å². The third kappa shape index (κ3) is 19.9. The SMILES string of the molecule is C[C-]=C(C)CC=NC[CH-]C.[CH3-].[Y+3].[Y]. The van der Waals surface area contributed by atoms with Crippen molar-refractivity contribution in [2.45, 2.75) is 27.2 Å². The third-order valence-corrected chi connectivity index (χ3v) is 1.24. The van der Waals surface area contributed by atoms with E-state index in [1.807, 2.05) is 26.5 Å². The second-order valence-electron chi connectivity index (χ2n) is 2.19. The minimum absolute atomic E-state index is 0. The molecule has 0 rings (SSSR count). The zero-order valence-electron chi connectivity index (χ0n) is 9.17. The Morgan fingerprint density at radius 1 is 1.54 bits per heavy atom. The van der Waals surface area contributed by atoms with Gasteiger partial charge in [0, 0.05) is 32.7 Å². The van der Waals surface area contributed by atoms with Crippen molar-refractivity contribution in [3.63, 3.8) is 0 Å². The number of hydrogen-bond donors (Lipinski definition) is 0. The van der Waals surface area contributed by atoms with Crippen LogP contribution in [-0.2, 0) is 65.4 Å². The first kappa shape index (κ1) is 24.0. The zero-order valence-corrected chi connectivity index (χ0v) is 14.8. The largest absolute Gasteiger partial charge is 3.00 e. The summed E-state index contributed by atoms with van der Waals surface area (Å²) in [5, 5.41) is 0. The van der Waals surface area contributed by atoms with Crippen LogP contribution in [0.5, 0.6) is 0 Å². The van der Waals surface area contributed by atoms with Gasteiger partial charge in [0.1, 0.15) is 0 Å². The van der Waals surface area contributed by atoms with Crippen molar-refractivity contribution in [3.05, 3.63) is 25.5 Å². The van der Waals surface area contributed by atoms with E-state index in [0.717, 1.165) is 13.0 Å². The van der Waals surface area contributed by atoms with Gasteiger partial charge in [-0.15, -0.1) is 0 Å². The van der Waals surface area contributed by atoms with Crippen molar-refractivity contribution in [1.82, 2.24) is 0 Å². The average molecular weight is 330 g/mol. The molecule has 0 bridgehead atoms. The van der Waals surface area contributed by atoms with Gasteiger partial charge < -0.3 is 24.9 Å². The van der Waals surface area contributed by atoms with Crippen molar-refractivity contribution in [2.75, 3.05) is 6.54 Å². The summed E-state index contributed by atoms with van der Waals surface area (Å²) < 4.78 is 0. The summed E-state index contributed by atoms with van der Waals surface area (Å²) in [4.78, 5) is 4.14. The molecule has 3 heteroatoms. The molecule has 0 spiro atoms. The van der Waals surface area contributed by atoms with Crippen LogP contribution < -0.4 is 0 Å². The van der Waals surface area contributed by atoms with Crippen LogP contribution in [0.1, 0.15) is 27.2 Å². The van der Waals surface area contributed by atoms with Crippen molar-refractivity contribution < 1.29 is 65.4 Å². The number of nitrogens with zero attached hydrogens (tertiary/aromatic N) is 1. The van der Waals surface area contributed by atoms with E-state index >= 15 is 0 Å². The van der Waals surface area contributed by atoms with Gasteiger partial charge in [-0.3, -0.25) is 5.57 Å². The maximum Gasteiger partial charge on any atom is 3.00 e. The molecule has 69 valence electrons. The molecule has 1 radical (unpaired) electrons. The van der Waals surface area contributed by atoms with Gasteiger partial charge in [-0.05, 0) is 12.6 Å². The average Bonchev–Trinajstić information content (AvgIpc) is 1.98. The fourth-order valence-corrected chi connectivity index (χ4v) is 0.483. The number of rotatable bonds is 4. The smallest absolute Gasteiger partial charge is 0.500 e. The first-order valence-corrected chi connectivity index (χ1v) is 3.57. The van der Waals surface area contributed by atoms with E-state index < -0.39 is 0 Å². The van der Waals surface area contributed by atoms with Crippen molar-refractivity contribution in [3.8, 4) is 0 Å². The molecule has 0 aliphatic heterocycles. The van der Waals surface area contributed by atoms with Crippen LogP contribution in [0.2, 0.25) is 0 Å². The fraction of sp³-hybridized carbons (Fsp3) is 0.500. The molecule has 0 aliphatic rings. The molecule has 0 atom stereocenters. The van der Waals surface area contributed by atoms with E-state index in [1.54, 1.807) is 0 Å². The summed E-state index contributed by atoms with van der Waals surface area (Å²) in [5.41, 5.74) is 1.25. The number of aliphatic imine (C=N–C) groups is 1. The van der Waals surface area contributed by atoms with E-state index in [2.05, 4.69) is 18.0 Å². The molecule has 0 saturated carbocycles. The summed E-state index contributed by atoms with van der Waals surface area (Å²) in [5.74, 6) is 0. The van der Waals surface area contributed by atoms with Gasteiger partial charge in [0.05, 0.1) is 0 Å². The van der Waals surface area contributed by atoms with Gasteiger partial charge in [-0.25, -0.2) is 0 Å². The summed E-state index contributed by atoms with van der Waals surface area (Å²) in [6.45, 7) is 6.82. The zero-order chi connectivity index (χ0) is 7.82. The molecular weight excluding hydrogens is 312 g/mol. The first-order valence-electron chi connectivity index (χ1n) is 3.57. The molecule has 13 heavy (non-hydrogen) atoms. The Morgan fingerprint density at radius 2 is 2.08 bits per heavy atom. The van der Waals surface area contributed by atoms with Crippen molar-refractivity contribution >= 4 is 6.21 Å². The van der Waals surface area contributed by atoms with Crippen LogP contribution in [0.3, 0.4) is 0 Å². The maximum atomic E-state index is 4.14. The molecule has 0 aromatic rings. The monoisotopic (exact) mass is 330 g/mol. The van der Waals surface area contributed by atoms with E-state index in [0.29, 0.717) is 0 Å². The molecule has 1 nitrogen and oxygen atoms in total. The van der Waals surface area contributed by atoms with Gasteiger partial charge in [0.15, 0.2) is 0 Å². The van der Waals surface area contributed by atoms with Crippen LogP contribution in [0, 0.1) is 19.9 Å².